The standard InChI is InChI=1S/C16H24N4O3/c1-14(21)20(7-6-19-8-10-23-11-9-19)13-16(22)18-12-15-4-2-3-5-17-15/h2-5H,6-13H2,1H3,(H,18,22). The highest BCUT2D eigenvalue weighted by atomic mass is 16.5. The number of nitrogens with one attached hydrogen (secondary N) is 1. The van der Waals surface area contributed by atoms with Crippen molar-refractivity contribution < 1.29 is 14.3 Å². The Morgan fingerprint density at radius 1 is 1.35 bits per heavy atom. The van der Waals surface area contributed by atoms with Gasteiger partial charge in [0.15, 0.2) is 0 Å². The molecule has 1 aromatic heterocycles. The zero-order valence-corrected chi connectivity index (χ0v) is 13.5. The lowest BCUT2D eigenvalue weighted by Crippen LogP contribution is -2.45. The molecule has 0 bridgehead atoms. The normalized spacial score (nSPS) is 15.2. The Bertz CT molecular complexity index is 503. The van der Waals surface area contributed by atoms with Crippen molar-refractivity contribution in [1.82, 2.24) is 20.1 Å². The summed E-state index contributed by atoms with van der Waals surface area (Å²) >= 11 is 0. The van der Waals surface area contributed by atoms with E-state index < -0.39 is 0 Å². The van der Waals surface area contributed by atoms with Crippen molar-refractivity contribution in [3.8, 4) is 0 Å². The molecule has 1 aliphatic heterocycles. The van der Waals surface area contributed by atoms with Gasteiger partial charge in [-0.3, -0.25) is 19.5 Å². The van der Waals surface area contributed by atoms with Gasteiger partial charge in [-0.25, -0.2) is 0 Å². The molecule has 2 rings (SSSR count). The Balaban J connectivity index is 1.74. The molecule has 0 aromatic carbocycles. The number of hydrogen-bond acceptors (Lipinski definition) is 5. The van der Waals surface area contributed by atoms with E-state index in [9.17, 15) is 9.59 Å². The molecule has 1 fully saturated rings. The number of rotatable bonds is 7. The molecule has 0 aliphatic carbocycles. The highest BCUT2D eigenvalue weighted by molar-refractivity contribution is 5.83. The molecule has 2 amide bonds. The molecule has 7 heteroatoms. The van der Waals surface area contributed by atoms with Gasteiger partial charge in [0.05, 0.1) is 32.0 Å². The average molecular weight is 320 g/mol. The van der Waals surface area contributed by atoms with Gasteiger partial charge in [0.25, 0.3) is 0 Å². The lowest BCUT2D eigenvalue weighted by Gasteiger charge is -2.29. The third-order valence-electron chi connectivity index (χ3n) is 3.76. The minimum Gasteiger partial charge on any atom is -0.379 e. The highest BCUT2D eigenvalue weighted by Crippen LogP contribution is 1.99. The van der Waals surface area contributed by atoms with Gasteiger partial charge >= 0.3 is 0 Å². The van der Waals surface area contributed by atoms with Crippen LogP contribution in [0.1, 0.15) is 12.6 Å². The van der Waals surface area contributed by atoms with Crippen LogP contribution < -0.4 is 5.32 Å². The van der Waals surface area contributed by atoms with E-state index in [1.54, 1.807) is 11.1 Å². The zero-order chi connectivity index (χ0) is 16.5. The van der Waals surface area contributed by atoms with Crippen molar-refractivity contribution in [3.05, 3.63) is 30.1 Å². The van der Waals surface area contributed by atoms with Crippen LogP contribution >= 0.6 is 0 Å². The molecule has 0 unspecified atom stereocenters. The average Bonchev–Trinajstić information content (AvgIpc) is 2.58. The first kappa shape index (κ1) is 17.4. The molecule has 1 saturated heterocycles. The number of nitrogens with zero attached hydrogens (tertiary/aromatic N) is 3. The summed E-state index contributed by atoms with van der Waals surface area (Å²) in [5.74, 6) is -0.265. The van der Waals surface area contributed by atoms with Crippen molar-refractivity contribution >= 4 is 11.8 Å². The quantitative estimate of drug-likeness (QED) is 0.758. The van der Waals surface area contributed by atoms with Crippen LogP contribution in [0.3, 0.4) is 0 Å². The van der Waals surface area contributed by atoms with E-state index in [1.165, 1.54) is 6.92 Å². The lowest BCUT2D eigenvalue weighted by atomic mass is 10.3. The van der Waals surface area contributed by atoms with Crippen LogP contribution in [-0.4, -0.2) is 72.5 Å². The molecule has 1 aromatic rings. The van der Waals surface area contributed by atoms with Crippen molar-refractivity contribution in [1.29, 1.82) is 0 Å². The van der Waals surface area contributed by atoms with Crippen molar-refractivity contribution in [3.63, 3.8) is 0 Å². The molecule has 2 heterocycles. The van der Waals surface area contributed by atoms with Crippen LogP contribution in [0, 0.1) is 0 Å². The Kier molecular flexibility index (Phi) is 6.96. The van der Waals surface area contributed by atoms with Gasteiger partial charge in [0.2, 0.25) is 11.8 Å². The van der Waals surface area contributed by atoms with Gasteiger partial charge in [-0.2, -0.15) is 0 Å². The summed E-state index contributed by atoms with van der Waals surface area (Å²) in [6.45, 7) is 6.44. The maximum Gasteiger partial charge on any atom is 0.239 e. The number of ether oxygens (including phenoxy) is 1. The first-order valence-electron chi connectivity index (χ1n) is 7.87. The molecule has 126 valence electrons. The Labute approximate surface area is 136 Å². The van der Waals surface area contributed by atoms with Gasteiger partial charge in [0, 0.05) is 39.3 Å². The topological polar surface area (TPSA) is 74.8 Å². The van der Waals surface area contributed by atoms with Gasteiger partial charge in [-0.1, -0.05) is 6.07 Å². The molecule has 7 nitrogen and oxygen atoms in total. The van der Waals surface area contributed by atoms with E-state index in [0.29, 0.717) is 13.1 Å². The highest BCUT2D eigenvalue weighted by Gasteiger charge is 2.16. The molecular formula is C16H24N4O3. The van der Waals surface area contributed by atoms with Gasteiger partial charge in [-0.15, -0.1) is 0 Å². The number of pyridine rings is 1. The van der Waals surface area contributed by atoms with Crippen LogP contribution in [0.4, 0.5) is 0 Å². The number of carbonyl (C=O) groups excluding carboxylic acids is 2. The van der Waals surface area contributed by atoms with Crippen LogP contribution in [0.15, 0.2) is 24.4 Å². The van der Waals surface area contributed by atoms with Gasteiger partial charge in [-0.05, 0) is 12.1 Å². The summed E-state index contributed by atoms with van der Waals surface area (Å²) < 4.78 is 5.30. The predicted octanol–water partition coefficient (Wildman–Crippen LogP) is -0.121. The van der Waals surface area contributed by atoms with Crippen LogP contribution in [0.2, 0.25) is 0 Å². The second kappa shape index (κ2) is 9.22. The fourth-order valence-electron chi connectivity index (χ4n) is 2.36. The van der Waals surface area contributed by atoms with E-state index in [-0.39, 0.29) is 18.4 Å². The lowest BCUT2D eigenvalue weighted by molar-refractivity contribution is -0.134. The van der Waals surface area contributed by atoms with Gasteiger partial charge in [0.1, 0.15) is 0 Å². The Morgan fingerprint density at radius 3 is 2.78 bits per heavy atom. The number of amides is 2. The minimum absolute atomic E-state index is 0.0759. The Morgan fingerprint density at radius 2 is 2.13 bits per heavy atom. The minimum atomic E-state index is -0.173. The smallest absolute Gasteiger partial charge is 0.239 e. The largest absolute Gasteiger partial charge is 0.379 e. The summed E-state index contributed by atoms with van der Waals surface area (Å²) in [5.41, 5.74) is 0.795. The van der Waals surface area contributed by atoms with Crippen molar-refractivity contribution in [2.75, 3.05) is 45.9 Å². The monoisotopic (exact) mass is 320 g/mol. The third-order valence-corrected chi connectivity index (χ3v) is 3.76. The molecule has 23 heavy (non-hydrogen) atoms. The SMILES string of the molecule is CC(=O)N(CCN1CCOCC1)CC(=O)NCc1ccccn1. The molecule has 0 radical (unpaired) electrons. The van der Waals surface area contributed by atoms with E-state index in [4.69, 9.17) is 4.74 Å². The molecule has 0 spiro atoms. The maximum atomic E-state index is 12.0. The number of morpholine rings is 1. The fourth-order valence-corrected chi connectivity index (χ4v) is 2.36. The maximum absolute atomic E-state index is 12.0. The molecular weight excluding hydrogens is 296 g/mol. The fraction of sp³-hybridized carbons (Fsp3) is 0.562. The van der Waals surface area contributed by atoms with Gasteiger partial charge < -0.3 is 15.0 Å². The van der Waals surface area contributed by atoms with E-state index in [0.717, 1.165) is 38.5 Å². The van der Waals surface area contributed by atoms with Crippen molar-refractivity contribution in [2.24, 2.45) is 0 Å². The molecule has 1 N–H and O–H groups in total. The number of carbonyl (C=O) groups is 2. The summed E-state index contributed by atoms with van der Waals surface area (Å²) in [4.78, 5) is 31.7. The van der Waals surface area contributed by atoms with Crippen LogP contribution in [0.25, 0.3) is 0 Å². The van der Waals surface area contributed by atoms with E-state index >= 15 is 0 Å². The second-order valence-corrected chi connectivity index (χ2v) is 5.49. The number of aromatic nitrogens is 1. The molecule has 0 atom stereocenters. The zero-order valence-electron chi connectivity index (χ0n) is 13.5. The first-order chi connectivity index (χ1) is 11.1. The number of hydrogen-bond donors (Lipinski definition) is 1. The molecule has 0 saturated carbocycles. The summed E-state index contributed by atoms with van der Waals surface area (Å²) in [7, 11) is 0. The predicted molar refractivity (Wildman–Crippen MR) is 85.6 cm³/mol. The second-order valence-electron chi connectivity index (χ2n) is 5.49. The van der Waals surface area contributed by atoms with Crippen molar-refractivity contribution in [2.45, 2.75) is 13.5 Å². The molecule has 1 aliphatic rings. The third kappa shape index (κ3) is 6.33. The summed E-state index contributed by atoms with van der Waals surface area (Å²) in [6.07, 6.45) is 1.69. The van der Waals surface area contributed by atoms with E-state index in [1.807, 2.05) is 18.2 Å². The first-order valence-corrected chi connectivity index (χ1v) is 7.87. The van der Waals surface area contributed by atoms with Crippen LogP contribution in [-0.2, 0) is 20.9 Å². The summed E-state index contributed by atoms with van der Waals surface area (Å²) in [6, 6.07) is 5.55. The summed E-state index contributed by atoms with van der Waals surface area (Å²) in [5, 5.41) is 2.79. The Hall–Kier alpha value is -1.99. The van der Waals surface area contributed by atoms with E-state index in [2.05, 4.69) is 15.2 Å². The van der Waals surface area contributed by atoms with Crippen LogP contribution in [0.5, 0.6) is 0 Å².